The third kappa shape index (κ3) is 2.04. The van der Waals surface area contributed by atoms with Crippen molar-refractivity contribution < 1.29 is 0 Å². The lowest BCUT2D eigenvalue weighted by molar-refractivity contribution is 0.192. The molecule has 0 radical (unpaired) electrons. The molecule has 0 spiro atoms. The van der Waals surface area contributed by atoms with E-state index in [9.17, 15) is 0 Å². The van der Waals surface area contributed by atoms with Crippen molar-refractivity contribution in [2.24, 2.45) is 0 Å². The molecule has 0 N–H and O–H groups in total. The summed E-state index contributed by atoms with van der Waals surface area (Å²) in [6.45, 7) is 3.60. The van der Waals surface area contributed by atoms with Gasteiger partial charge in [0.2, 0.25) is 0 Å². The molecule has 0 saturated carbocycles. The van der Waals surface area contributed by atoms with Gasteiger partial charge in [0.1, 0.15) is 0 Å². The minimum atomic E-state index is 0.560. The van der Waals surface area contributed by atoms with Gasteiger partial charge in [0.05, 0.1) is 0 Å². The van der Waals surface area contributed by atoms with Crippen LogP contribution in [0.5, 0.6) is 0 Å². The Kier molecular flexibility index (Phi) is 3.02. The number of hydrogen-bond acceptors (Lipinski definition) is 1. The predicted molar refractivity (Wildman–Crippen MR) is 71.9 cm³/mol. The van der Waals surface area contributed by atoms with Crippen LogP contribution in [-0.4, -0.2) is 17.5 Å². The molecule has 1 aromatic rings. The largest absolute Gasteiger partial charge is 0.290 e. The number of likely N-dealkylation sites (tertiary alicyclic amines) is 1. The van der Waals surface area contributed by atoms with Gasteiger partial charge in [-0.1, -0.05) is 42.0 Å². The van der Waals surface area contributed by atoms with E-state index in [1.54, 1.807) is 5.57 Å². The lowest BCUT2D eigenvalue weighted by Crippen LogP contribution is -2.33. The van der Waals surface area contributed by atoms with Gasteiger partial charge in [-0.05, 0) is 38.2 Å². The fourth-order valence-electron chi connectivity index (χ4n) is 3.37. The highest BCUT2D eigenvalue weighted by Crippen LogP contribution is 2.37. The van der Waals surface area contributed by atoms with Crippen molar-refractivity contribution >= 4 is 0 Å². The van der Waals surface area contributed by atoms with Gasteiger partial charge in [0.15, 0.2) is 0 Å². The number of allylic oxidation sites excluding steroid dienone is 1. The molecule has 0 bridgehead atoms. The van der Waals surface area contributed by atoms with E-state index in [1.807, 2.05) is 0 Å². The maximum atomic E-state index is 2.69. The van der Waals surface area contributed by atoms with Crippen molar-refractivity contribution in [2.75, 3.05) is 6.54 Å². The zero-order chi connectivity index (χ0) is 11.7. The molecule has 90 valence electrons. The van der Waals surface area contributed by atoms with Crippen molar-refractivity contribution in [2.45, 2.75) is 44.7 Å². The quantitative estimate of drug-likeness (QED) is 0.692. The van der Waals surface area contributed by atoms with E-state index >= 15 is 0 Å². The topological polar surface area (TPSA) is 3.24 Å². The molecule has 1 aromatic carbocycles. The Bertz CT molecular complexity index is 407. The minimum Gasteiger partial charge on any atom is -0.290 e. The summed E-state index contributed by atoms with van der Waals surface area (Å²) in [5.74, 6) is 0. The number of benzene rings is 1. The molecule has 0 unspecified atom stereocenters. The van der Waals surface area contributed by atoms with E-state index in [0.717, 1.165) is 6.04 Å². The van der Waals surface area contributed by atoms with Crippen molar-refractivity contribution in [3.63, 3.8) is 0 Å². The van der Waals surface area contributed by atoms with E-state index in [-0.39, 0.29) is 0 Å². The van der Waals surface area contributed by atoms with Crippen LogP contribution in [0.3, 0.4) is 0 Å². The predicted octanol–water partition coefficient (Wildman–Crippen LogP) is 3.93. The SMILES string of the molecule is C[C@@H](c1ccccc1)N1CCC2=CCCC[C@@H]21. The summed E-state index contributed by atoms with van der Waals surface area (Å²) in [7, 11) is 0. The molecular weight excluding hydrogens is 206 g/mol. The van der Waals surface area contributed by atoms with Crippen molar-refractivity contribution in [1.82, 2.24) is 4.90 Å². The number of rotatable bonds is 2. The lowest BCUT2D eigenvalue weighted by atomic mass is 9.94. The Hall–Kier alpha value is -1.08. The Labute approximate surface area is 104 Å². The van der Waals surface area contributed by atoms with Gasteiger partial charge in [-0.3, -0.25) is 4.90 Å². The van der Waals surface area contributed by atoms with Gasteiger partial charge >= 0.3 is 0 Å². The summed E-state index contributed by atoms with van der Waals surface area (Å²) < 4.78 is 0. The van der Waals surface area contributed by atoms with E-state index in [0.29, 0.717) is 6.04 Å². The minimum absolute atomic E-state index is 0.560. The molecule has 1 aliphatic heterocycles. The first kappa shape index (κ1) is 11.0. The molecule has 17 heavy (non-hydrogen) atoms. The van der Waals surface area contributed by atoms with Crippen LogP contribution in [0.2, 0.25) is 0 Å². The number of fused-ring (bicyclic) bond motifs is 1. The summed E-state index contributed by atoms with van der Waals surface area (Å²) in [4.78, 5) is 2.69. The molecule has 3 rings (SSSR count). The van der Waals surface area contributed by atoms with Gasteiger partial charge in [0.25, 0.3) is 0 Å². The van der Waals surface area contributed by atoms with Crippen LogP contribution in [0.4, 0.5) is 0 Å². The highest BCUT2D eigenvalue weighted by Gasteiger charge is 2.33. The fraction of sp³-hybridized carbons (Fsp3) is 0.500. The fourth-order valence-corrected chi connectivity index (χ4v) is 3.37. The molecule has 0 amide bonds. The van der Waals surface area contributed by atoms with Crippen molar-refractivity contribution in [1.29, 1.82) is 0 Å². The summed E-state index contributed by atoms with van der Waals surface area (Å²) in [5, 5.41) is 0. The van der Waals surface area contributed by atoms with Crippen molar-refractivity contribution in [3.8, 4) is 0 Å². The smallest absolute Gasteiger partial charge is 0.0326 e. The Balaban J connectivity index is 1.81. The van der Waals surface area contributed by atoms with Crippen LogP contribution in [0.25, 0.3) is 0 Å². The Morgan fingerprint density at radius 1 is 1.24 bits per heavy atom. The van der Waals surface area contributed by atoms with Crippen LogP contribution >= 0.6 is 0 Å². The summed E-state index contributed by atoms with van der Waals surface area (Å²) in [6, 6.07) is 12.2. The normalized spacial score (nSPS) is 26.4. The van der Waals surface area contributed by atoms with E-state index < -0.39 is 0 Å². The van der Waals surface area contributed by atoms with Crippen molar-refractivity contribution in [3.05, 3.63) is 47.5 Å². The maximum absolute atomic E-state index is 2.69. The Morgan fingerprint density at radius 3 is 2.88 bits per heavy atom. The molecular formula is C16H21N. The number of hydrogen-bond donors (Lipinski definition) is 0. The van der Waals surface area contributed by atoms with Gasteiger partial charge in [0, 0.05) is 18.6 Å². The zero-order valence-corrected chi connectivity index (χ0v) is 10.6. The number of nitrogens with zero attached hydrogens (tertiary/aromatic N) is 1. The van der Waals surface area contributed by atoms with E-state index in [1.165, 1.54) is 37.8 Å². The molecule has 1 heteroatoms. The second-order valence-electron chi connectivity index (χ2n) is 5.30. The first-order valence-corrected chi connectivity index (χ1v) is 6.86. The molecule has 1 fully saturated rings. The van der Waals surface area contributed by atoms with Crippen LogP contribution < -0.4 is 0 Å². The molecule has 0 aromatic heterocycles. The molecule has 1 heterocycles. The monoisotopic (exact) mass is 227 g/mol. The lowest BCUT2D eigenvalue weighted by Gasteiger charge is -2.32. The Morgan fingerprint density at radius 2 is 2.06 bits per heavy atom. The maximum Gasteiger partial charge on any atom is 0.0326 e. The molecule has 1 aliphatic carbocycles. The molecule has 2 aliphatic rings. The highest BCUT2D eigenvalue weighted by molar-refractivity contribution is 5.24. The summed E-state index contributed by atoms with van der Waals surface area (Å²) in [5.41, 5.74) is 3.17. The second-order valence-corrected chi connectivity index (χ2v) is 5.30. The average molecular weight is 227 g/mol. The van der Waals surface area contributed by atoms with Crippen LogP contribution in [0.1, 0.15) is 44.2 Å². The standard InChI is InChI=1S/C16H21N/c1-13(14-7-3-2-4-8-14)17-12-11-15-9-5-6-10-16(15)17/h2-4,7-9,13,16H,5-6,10-12H2,1H3/t13-,16-/m0/s1. The van der Waals surface area contributed by atoms with Crippen LogP contribution in [-0.2, 0) is 0 Å². The van der Waals surface area contributed by atoms with Crippen LogP contribution in [0, 0.1) is 0 Å². The third-order valence-corrected chi connectivity index (χ3v) is 4.35. The van der Waals surface area contributed by atoms with Gasteiger partial charge < -0.3 is 0 Å². The first-order chi connectivity index (χ1) is 8.36. The highest BCUT2D eigenvalue weighted by atomic mass is 15.2. The summed E-state index contributed by atoms with van der Waals surface area (Å²) >= 11 is 0. The first-order valence-electron chi connectivity index (χ1n) is 6.86. The average Bonchev–Trinajstić information content (AvgIpc) is 2.83. The van der Waals surface area contributed by atoms with Gasteiger partial charge in [-0.15, -0.1) is 0 Å². The molecule has 2 atom stereocenters. The third-order valence-electron chi connectivity index (χ3n) is 4.35. The van der Waals surface area contributed by atoms with Gasteiger partial charge in [-0.2, -0.15) is 0 Å². The second kappa shape index (κ2) is 4.66. The summed E-state index contributed by atoms with van der Waals surface area (Å²) in [6.07, 6.45) is 7.82. The molecule has 1 nitrogen and oxygen atoms in total. The van der Waals surface area contributed by atoms with E-state index in [4.69, 9.17) is 0 Å². The van der Waals surface area contributed by atoms with Crippen LogP contribution in [0.15, 0.2) is 42.0 Å². The molecule has 1 saturated heterocycles. The van der Waals surface area contributed by atoms with Gasteiger partial charge in [-0.25, -0.2) is 0 Å². The van der Waals surface area contributed by atoms with E-state index in [2.05, 4.69) is 48.2 Å². The zero-order valence-electron chi connectivity index (χ0n) is 10.6.